The molecule has 19 heavy (non-hydrogen) atoms. The van der Waals surface area contributed by atoms with E-state index < -0.39 is 5.97 Å². The highest BCUT2D eigenvalue weighted by Gasteiger charge is 2.11. The molecule has 1 aromatic heterocycles. The molecule has 98 valence electrons. The van der Waals surface area contributed by atoms with Crippen LogP contribution in [0.25, 0.3) is 0 Å². The first-order valence-electron chi connectivity index (χ1n) is 5.38. The van der Waals surface area contributed by atoms with Gasteiger partial charge < -0.3 is 15.2 Å². The predicted octanol–water partition coefficient (Wildman–Crippen LogP) is 2.90. The van der Waals surface area contributed by atoms with Gasteiger partial charge in [0.2, 0.25) is 5.88 Å². The van der Waals surface area contributed by atoms with Crippen molar-refractivity contribution in [3.63, 3.8) is 0 Å². The number of pyridine rings is 1. The molecule has 0 aliphatic rings. The van der Waals surface area contributed by atoms with Crippen molar-refractivity contribution in [2.75, 3.05) is 12.8 Å². The average molecular weight is 279 g/mol. The second-order valence-corrected chi connectivity index (χ2v) is 4.04. The number of methoxy groups -OCH3 is 1. The minimum absolute atomic E-state index is 0.211. The number of para-hydroxylation sites is 1. The summed E-state index contributed by atoms with van der Waals surface area (Å²) in [4.78, 5) is 15.4. The first-order chi connectivity index (χ1) is 9.11. The van der Waals surface area contributed by atoms with Crippen LogP contribution in [0.4, 0.5) is 5.69 Å². The first kappa shape index (κ1) is 13.2. The van der Waals surface area contributed by atoms with E-state index >= 15 is 0 Å². The molecule has 0 amide bonds. The lowest BCUT2D eigenvalue weighted by Crippen LogP contribution is -2.02. The molecule has 0 bridgehead atoms. The van der Waals surface area contributed by atoms with E-state index in [-0.39, 0.29) is 5.88 Å². The number of benzene rings is 1. The summed E-state index contributed by atoms with van der Waals surface area (Å²) in [6, 6.07) is 7.99. The van der Waals surface area contributed by atoms with Crippen LogP contribution in [0.3, 0.4) is 0 Å². The smallest absolute Gasteiger partial charge is 0.338 e. The number of aromatic nitrogens is 1. The molecule has 0 unspecified atom stereocenters. The number of rotatable bonds is 3. The molecular weight excluding hydrogens is 268 g/mol. The Hall–Kier alpha value is -2.27. The van der Waals surface area contributed by atoms with E-state index in [0.29, 0.717) is 22.0 Å². The highest BCUT2D eigenvalue weighted by Crippen LogP contribution is 2.33. The van der Waals surface area contributed by atoms with Crippen molar-refractivity contribution in [3.8, 4) is 11.6 Å². The van der Waals surface area contributed by atoms with Gasteiger partial charge in [0.15, 0.2) is 5.75 Å². The fourth-order valence-corrected chi connectivity index (χ4v) is 1.67. The van der Waals surface area contributed by atoms with Crippen LogP contribution in [0.2, 0.25) is 5.02 Å². The van der Waals surface area contributed by atoms with Gasteiger partial charge in [-0.15, -0.1) is 0 Å². The minimum atomic E-state index is -0.473. The number of hydrogen-bond acceptors (Lipinski definition) is 5. The van der Waals surface area contributed by atoms with Gasteiger partial charge >= 0.3 is 5.97 Å². The SMILES string of the molecule is COC(=O)c1ccnc(Oc2c(N)cccc2Cl)c1. The Kier molecular flexibility index (Phi) is 3.87. The van der Waals surface area contributed by atoms with Gasteiger partial charge in [0, 0.05) is 12.3 Å². The van der Waals surface area contributed by atoms with Crippen LogP contribution in [-0.2, 0) is 4.74 Å². The summed E-state index contributed by atoms with van der Waals surface area (Å²) >= 11 is 5.98. The number of halogens is 1. The minimum Gasteiger partial charge on any atom is -0.465 e. The number of ether oxygens (including phenoxy) is 2. The summed E-state index contributed by atoms with van der Waals surface area (Å²) in [6.07, 6.45) is 1.44. The fraction of sp³-hybridized carbons (Fsp3) is 0.0769. The van der Waals surface area contributed by atoms with Gasteiger partial charge in [-0.25, -0.2) is 9.78 Å². The predicted molar refractivity (Wildman–Crippen MR) is 71.5 cm³/mol. The summed E-state index contributed by atoms with van der Waals surface area (Å²) in [5, 5.41) is 0.366. The second kappa shape index (κ2) is 5.58. The Balaban J connectivity index is 2.31. The first-order valence-corrected chi connectivity index (χ1v) is 5.76. The molecular formula is C13H11ClN2O3. The highest BCUT2D eigenvalue weighted by molar-refractivity contribution is 6.32. The molecule has 0 aliphatic carbocycles. The normalized spacial score (nSPS) is 10.0. The van der Waals surface area contributed by atoms with E-state index in [0.717, 1.165) is 0 Å². The maximum Gasteiger partial charge on any atom is 0.338 e. The van der Waals surface area contributed by atoms with Gasteiger partial charge in [-0.05, 0) is 18.2 Å². The summed E-state index contributed by atoms with van der Waals surface area (Å²) in [6.45, 7) is 0. The molecule has 1 heterocycles. The lowest BCUT2D eigenvalue weighted by Gasteiger charge is -2.09. The molecule has 2 rings (SSSR count). The topological polar surface area (TPSA) is 74.4 Å². The Morgan fingerprint density at radius 2 is 2.16 bits per heavy atom. The number of nitrogen functional groups attached to an aromatic ring is 1. The maximum absolute atomic E-state index is 11.4. The van der Waals surface area contributed by atoms with E-state index in [1.165, 1.54) is 25.4 Å². The number of hydrogen-bond donors (Lipinski definition) is 1. The number of nitrogens with two attached hydrogens (primary N) is 1. The Bertz CT molecular complexity index is 596. The van der Waals surface area contributed by atoms with E-state index in [1.807, 2.05) is 0 Å². The standard InChI is InChI=1S/C13H11ClN2O3/c1-18-13(17)8-5-6-16-11(7-8)19-12-9(14)3-2-4-10(12)15/h2-7H,15H2,1H3. The highest BCUT2D eigenvalue weighted by atomic mass is 35.5. The van der Waals surface area contributed by atoms with Gasteiger partial charge in [-0.2, -0.15) is 0 Å². The zero-order valence-electron chi connectivity index (χ0n) is 10.1. The monoisotopic (exact) mass is 278 g/mol. The molecule has 0 spiro atoms. The van der Waals surface area contributed by atoms with E-state index in [9.17, 15) is 4.79 Å². The van der Waals surface area contributed by atoms with Crippen molar-refractivity contribution in [2.24, 2.45) is 0 Å². The van der Waals surface area contributed by atoms with Crippen molar-refractivity contribution in [1.82, 2.24) is 4.98 Å². The average Bonchev–Trinajstić information content (AvgIpc) is 2.42. The van der Waals surface area contributed by atoms with E-state index in [4.69, 9.17) is 22.1 Å². The molecule has 0 aliphatic heterocycles. The molecule has 2 N–H and O–H groups in total. The summed E-state index contributed by atoms with van der Waals surface area (Å²) in [7, 11) is 1.30. The molecule has 0 saturated carbocycles. The molecule has 0 fully saturated rings. The van der Waals surface area contributed by atoms with Crippen LogP contribution in [-0.4, -0.2) is 18.1 Å². The van der Waals surface area contributed by atoms with Gasteiger partial charge in [0.05, 0.1) is 23.4 Å². The summed E-state index contributed by atoms with van der Waals surface area (Å²) in [5.41, 5.74) is 6.48. The van der Waals surface area contributed by atoms with Gasteiger partial charge in [-0.3, -0.25) is 0 Å². The van der Waals surface area contributed by atoms with E-state index in [1.54, 1.807) is 18.2 Å². The lowest BCUT2D eigenvalue weighted by atomic mass is 10.2. The fourth-order valence-electron chi connectivity index (χ4n) is 1.45. The van der Waals surface area contributed by atoms with Crippen LogP contribution in [0.1, 0.15) is 10.4 Å². The van der Waals surface area contributed by atoms with Crippen LogP contribution in [0, 0.1) is 0 Å². The number of carbonyl (C=O) groups is 1. The van der Waals surface area contributed by atoms with Crippen LogP contribution in [0.5, 0.6) is 11.6 Å². The van der Waals surface area contributed by atoms with Crippen molar-refractivity contribution < 1.29 is 14.3 Å². The van der Waals surface area contributed by atoms with Crippen LogP contribution < -0.4 is 10.5 Å². The van der Waals surface area contributed by atoms with Crippen molar-refractivity contribution in [3.05, 3.63) is 47.1 Å². The molecule has 6 heteroatoms. The van der Waals surface area contributed by atoms with Crippen LogP contribution >= 0.6 is 11.6 Å². The van der Waals surface area contributed by atoms with Crippen molar-refractivity contribution in [2.45, 2.75) is 0 Å². The number of esters is 1. The van der Waals surface area contributed by atoms with Gasteiger partial charge in [0.25, 0.3) is 0 Å². The van der Waals surface area contributed by atoms with Gasteiger partial charge in [0.1, 0.15) is 0 Å². The van der Waals surface area contributed by atoms with Crippen molar-refractivity contribution >= 4 is 23.3 Å². The maximum atomic E-state index is 11.4. The third kappa shape index (κ3) is 2.95. The number of nitrogens with zero attached hydrogens (tertiary/aromatic N) is 1. The Morgan fingerprint density at radius 3 is 2.84 bits per heavy atom. The summed E-state index contributed by atoms with van der Waals surface area (Å²) < 4.78 is 10.1. The third-order valence-electron chi connectivity index (χ3n) is 2.36. The molecule has 0 atom stereocenters. The zero-order valence-corrected chi connectivity index (χ0v) is 10.8. The summed E-state index contributed by atoms with van der Waals surface area (Å²) in [5.74, 6) is 0.0424. The quantitative estimate of drug-likeness (QED) is 0.690. The molecule has 0 saturated heterocycles. The third-order valence-corrected chi connectivity index (χ3v) is 2.66. The van der Waals surface area contributed by atoms with Crippen LogP contribution in [0.15, 0.2) is 36.5 Å². The molecule has 2 aromatic rings. The number of anilines is 1. The largest absolute Gasteiger partial charge is 0.465 e. The molecule has 1 aromatic carbocycles. The Morgan fingerprint density at radius 1 is 1.37 bits per heavy atom. The second-order valence-electron chi connectivity index (χ2n) is 3.63. The number of carbonyl (C=O) groups excluding carboxylic acids is 1. The lowest BCUT2D eigenvalue weighted by molar-refractivity contribution is 0.0600. The molecule has 0 radical (unpaired) electrons. The van der Waals surface area contributed by atoms with Gasteiger partial charge in [-0.1, -0.05) is 17.7 Å². The van der Waals surface area contributed by atoms with Crippen molar-refractivity contribution in [1.29, 1.82) is 0 Å². The zero-order chi connectivity index (χ0) is 13.8. The molecule has 5 nitrogen and oxygen atoms in total. The van der Waals surface area contributed by atoms with E-state index in [2.05, 4.69) is 9.72 Å². The Labute approximate surface area is 114 Å².